The zero-order valence-electron chi connectivity index (χ0n) is 9.69. The molecule has 1 unspecified atom stereocenters. The van der Waals surface area contributed by atoms with Crippen molar-refractivity contribution in [2.45, 2.75) is 12.5 Å². The standard InChI is InChI=1S/C13H12BrFO2S/c1-17-11-6-13(18-7-11)12(16)4-8-2-9(14)5-10(15)3-8/h2-3,5-7,12,16H,4H2,1H3. The maximum absolute atomic E-state index is 13.2. The number of aliphatic hydroxyl groups is 1. The summed E-state index contributed by atoms with van der Waals surface area (Å²) < 4.78 is 19.0. The van der Waals surface area contributed by atoms with Crippen LogP contribution in [0.2, 0.25) is 0 Å². The van der Waals surface area contributed by atoms with Gasteiger partial charge in [0.25, 0.3) is 0 Å². The summed E-state index contributed by atoms with van der Waals surface area (Å²) in [4.78, 5) is 0.812. The Balaban J connectivity index is 2.12. The van der Waals surface area contributed by atoms with Crippen molar-refractivity contribution in [2.75, 3.05) is 7.11 Å². The summed E-state index contributed by atoms with van der Waals surface area (Å²) in [5.74, 6) is 0.421. The van der Waals surface area contributed by atoms with Crippen LogP contribution >= 0.6 is 27.3 Å². The molecule has 1 aromatic carbocycles. The van der Waals surface area contributed by atoms with Gasteiger partial charge < -0.3 is 9.84 Å². The number of hydrogen-bond acceptors (Lipinski definition) is 3. The summed E-state index contributed by atoms with van der Waals surface area (Å²) in [6.07, 6.45) is -0.271. The van der Waals surface area contributed by atoms with Crippen LogP contribution in [0.15, 0.2) is 34.1 Å². The number of aliphatic hydroxyl groups excluding tert-OH is 1. The molecule has 0 amide bonds. The van der Waals surface area contributed by atoms with E-state index in [1.165, 1.54) is 23.5 Å². The van der Waals surface area contributed by atoms with Gasteiger partial charge in [0.1, 0.15) is 11.6 Å². The van der Waals surface area contributed by atoms with E-state index in [-0.39, 0.29) is 5.82 Å². The predicted octanol–water partition coefficient (Wildman–Crippen LogP) is 3.93. The highest BCUT2D eigenvalue weighted by atomic mass is 79.9. The van der Waals surface area contributed by atoms with E-state index in [0.29, 0.717) is 10.9 Å². The molecule has 0 aliphatic rings. The minimum Gasteiger partial charge on any atom is -0.496 e. The number of rotatable bonds is 4. The van der Waals surface area contributed by atoms with Crippen molar-refractivity contribution < 1.29 is 14.2 Å². The highest BCUT2D eigenvalue weighted by molar-refractivity contribution is 9.10. The van der Waals surface area contributed by atoms with Gasteiger partial charge in [-0.25, -0.2) is 4.39 Å². The van der Waals surface area contributed by atoms with Gasteiger partial charge in [-0.1, -0.05) is 15.9 Å². The maximum atomic E-state index is 13.2. The van der Waals surface area contributed by atoms with Crippen LogP contribution in [0.3, 0.4) is 0 Å². The second-order valence-electron chi connectivity index (χ2n) is 3.89. The third kappa shape index (κ3) is 3.31. The van der Waals surface area contributed by atoms with Gasteiger partial charge >= 0.3 is 0 Å². The Kier molecular flexibility index (Phi) is 4.37. The molecule has 0 fully saturated rings. The number of thiophene rings is 1. The SMILES string of the molecule is COc1csc(C(O)Cc2cc(F)cc(Br)c2)c1. The lowest BCUT2D eigenvalue weighted by atomic mass is 10.1. The molecule has 2 nitrogen and oxygen atoms in total. The minimum absolute atomic E-state index is 0.310. The second-order valence-corrected chi connectivity index (χ2v) is 5.75. The Morgan fingerprint density at radius 2 is 2.17 bits per heavy atom. The van der Waals surface area contributed by atoms with E-state index < -0.39 is 6.10 Å². The first-order valence-electron chi connectivity index (χ1n) is 5.34. The zero-order valence-corrected chi connectivity index (χ0v) is 12.1. The molecular weight excluding hydrogens is 319 g/mol. The molecule has 5 heteroatoms. The van der Waals surface area contributed by atoms with Crippen LogP contribution < -0.4 is 4.74 Å². The first kappa shape index (κ1) is 13.5. The highest BCUT2D eigenvalue weighted by Gasteiger charge is 2.12. The van der Waals surface area contributed by atoms with Crippen molar-refractivity contribution in [1.29, 1.82) is 0 Å². The number of hydrogen-bond donors (Lipinski definition) is 1. The van der Waals surface area contributed by atoms with Gasteiger partial charge in [-0.3, -0.25) is 0 Å². The van der Waals surface area contributed by atoms with E-state index in [1.807, 2.05) is 5.38 Å². The lowest BCUT2D eigenvalue weighted by Gasteiger charge is -2.09. The summed E-state index contributed by atoms with van der Waals surface area (Å²) >= 11 is 4.66. The first-order chi connectivity index (χ1) is 8.58. The summed E-state index contributed by atoms with van der Waals surface area (Å²) in [5.41, 5.74) is 0.752. The van der Waals surface area contributed by atoms with E-state index in [4.69, 9.17) is 4.74 Å². The molecule has 0 saturated heterocycles. The van der Waals surface area contributed by atoms with Gasteiger partial charge in [-0.15, -0.1) is 11.3 Å². The predicted molar refractivity (Wildman–Crippen MR) is 73.6 cm³/mol. The summed E-state index contributed by atoms with van der Waals surface area (Å²) in [7, 11) is 1.59. The van der Waals surface area contributed by atoms with Gasteiger partial charge in [0.2, 0.25) is 0 Å². The topological polar surface area (TPSA) is 29.5 Å². The Morgan fingerprint density at radius 3 is 2.78 bits per heavy atom. The van der Waals surface area contributed by atoms with E-state index >= 15 is 0 Å². The molecule has 2 aromatic rings. The minimum atomic E-state index is -0.646. The molecule has 1 atom stereocenters. The van der Waals surface area contributed by atoms with Gasteiger partial charge in [-0.05, 0) is 29.8 Å². The highest BCUT2D eigenvalue weighted by Crippen LogP contribution is 2.29. The Morgan fingerprint density at radius 1 is 1.39 bits per heavy atom. The van der Waals surface area contributed by atoms with Crippen molar-refractivity contribution in [3.63, 3.8) is 0 Å². The van der Waals surface area contributed by atoms with Crippen molar-refractivity contribution in [3.05, 3.63) is 50.4 Å². The van der Waals surface area contributed by atoms with Crippen LogP contribution in [0, 0.1) is 5.82 Å². The molecule has 1 N–H and O–H groups in total. The summed E-state index contributed by atoms with van der Waals surface area (Å²) in [5, 5.41) is 11.9. The molecule has 0 aliphatic heterocycles. The number of methoxy groups -OCH3 is 1. The first-order valence-corrected chi connectivity index (χ1v) is 7.01. The van der Waals surface area contributed by atoms with Gasteiger partial charge in [0, 0.05) is 21.2 Å². The number of ether oxygens (including phenoxy) is 1. The maximum Gasteiger partial charge on any atom is 0.129 e. The van der Waals surface area contributed by atoms with Crippen LogP contribution in [0.5, 0.6) is 5.75 Å². The largest absolute Gasteiger partial charge is 0.496 e. The van der Waals surface area contributed by atoms with Crippen molar-refractivity contribution >= 4 is 27.3 Å². The second kappa shape index (κ2) is 5.82. The molecule has 18 heavy (non-hydrogen) atoms. The summed E-state index contributed by atoms with van der Waals surface area (Å²) in [6.45, 7) is 0. The van der Waals surface area contributed by atoms with Gasteiger partial charge in [0.15, 0.2) is 0 Å². The van der Waals surface area contributed by atoms with Crippen molar-refractivity contribution in [2.24, 2.45) is 0 Å². The molecule has 0 spiro atoms. The van der Waals surface area contributed by atoms with E-state index in [9.17, 15) is 9.50 Å². The van der Waals surface area contributed by atoms with Gasteiger partial charge in [-0.2, -0.15) is 0 Å². The van der Waals surface area contributed by atoms with E-state index in [1.54, 1.807) is 19.2 Å². The molecular formula is C13H12BrFO2S. The molecule has 0 aliphatic carbocycles. The van der Waals surface area contributed by atoms with E-state index in [0.717, 1.165) is 16.2 Å². The fraction of sp³-hybridized carbons (Fsp3) is 0.231. The fourth-order valence-electron chi connectivity index (χ4n) is 1.67. The van der Waals surface area contributed by atoms with Crippen LogP contribution in [-0.2, 0) is 6.42 Å². The molecule has 2 rings (SSSR count). The van der Waals surface area contributed by atoms with Crippen LogP contribution in [0.1, 0.15) is 16.5 Å². The Bertz CT molecular complexity index is 521. The third-order valence-electron chi connectivity index (χ3n) is 2.51. The lowest BCUT2D eigenvalue weighted by molar-refractivity contribution is 0.182. The average Bonchev–Trinajstić information content (AvgIpc) is 2.75. The van der Waals surface area contributed by atoms with Crippen molar-refractivity contribution in [3.8, 4) is 5.75 Å². The average molecular weight is 331 g/mol. The quantitative estimate of drug-likeness (QED) is 0.920. The molecule has 0 bridgehead atoms. The molecule has 1 aromatic heterocycles. The molecule has 0 radical (unpaired) electrons. The Labute approximate surface area is 117 Å². The zero-order chi connectivity index (χ0) is 13.1. The van der Waals surface area contributed by atoms with E-state index in [2.05, 4.69) is 15.9 Å². The van der Waals surface area contributed by atoms with Crippen LogP contribution in [0.25, 0.3) is 0 Å². The van der Waals surface area contributed by atoms with Gasteiger partial charge in [0.05, 0.1) is 13.2 Å². The van der Waals surface area contributed by atoms with Crippen molar-refractivity contribution in [1.82, 2.24) is 0 Å². The number of halogens is 2. The lowest BCUT2D eigenvalue weighted by Crippen LogP contribution is -2.00. The summed E-state index contributed by atoms with van der Waals surface area (Å²) in [6, 6.07) is 6.42. The number of benzene rings is 1. The fourth-order valence-corrected chi connectivity index (χ4v) is 3.02. The Hall–Kier alpha value is -0.910. The smallest absolute Gasteiger partial charge is 0.129 e. The molecule has 96 valence electrons. The van der Waals surface area contributed by atoms with Crippen LogP contribution in [0.4, 0.5) is 4.39 Å². The normalized spacial score (nSPS) is 12.4. The molecule has 0 saturated carbocycles. The molecule has 1 heterocycles. The van der Waals surface area contributed by atoms with Crippen LogP contribution in [-0.4, -0.2) is 12.2 Å². The monoisotopic (exact) mass is 330 g/mol. The third-order valence-corrected chi connectivity index (χ3v) is 3.98.